The fraction of sp³-hybridized carbons (Fsp3) is 0.333. The van der Waals surface area contributed by atoms with Crippen molar-refractivity contribution in [3.63, 3.8) is 0 Å². The van der Waals surface area contributed by atoms with E-state index in [0.717, 1.165) is 5.02 Å². The smallest absolute Gasteiger partial charge is 0.0406 e. The molecule has 0 fully saturated rings. The van der Waals surface area contributed by atoms with E-state index in [1.54, 1.807) is 0 Å². The topological polar surface area (TPSA) is 0 Å². The summed E-state index contributed by atoms with van der Waals surface area (Å²) in [5.74, 6) is 0. The normalized spacial score (nSPS) is 16.8. The fourth-order valence-electron chi connectivity index (χ4n) is 1.76. The van der Waals surface area contributed by atoms with Crippen molar-refractivity contribution in [2.75, 3.05) is 0 Å². The number of rotatable bonds is 1. The van der Waals surface area contributed by atoms with E-state index < -0.39 is 0 Å². The van der Waals surface area contributed by atoms with Gasteiger partial charge in [0.15, 0.2) is 0 Å². The van der Waals surface area contributed by atoms with Gasteiger partial charge in [-0.05, 0) is 49.0 Å². The van der Waals surface area contributed by atoms with E-state index in [1.165, 1.54) is 36.8 Å². The van der Waals surface area contributed by atoms with Gasteiger partial charge in [0.2, 0.25) is 0 Å². The van der Waals surface area contributed by atoms with Crippen LogP contribution in [0.1, 0.15) is 31.2 Å². The summed E-state index contributed by atoms with van der Waals surface area (Å²) in [4.78, 5) is 0. The van der Waals surface area contributed by atoms with Crippen molar-refractivity contribution >= 4 is 17.2 Å². The Kier molecular flexibility index (Phi) is 2.70. The number of halogens is 1. The average molecular weight is 193 g/mol. The van der Waals surface area contributed by atoms with Crippen molar-refractivity contribution < 1.29 is 0 Å². The molecule has 0 amide bonds. The molecule has 0 radical (unpaired) electrons. The second-order valence-corrected chi connectivity index (χ2v) is 3.92. The molecule has 1 heteroatoms. The van der Waals surface area contributed by atoms with Gasteiger partial charge in [0.1, 0.15) is 0 Å². The van der Waals surface area contributed by atoms with Gasteiger partial charge < -0.3 is 0 Å². The molecule has 0 nitrogen and oxygen atoms in total. The lowest BCUT2D eigenvalue weighted by Crippen LogP contribution is -1.90. The molecule has 0 saturated carbocycles. The highest BCUT2D eigenvalue weighted by molar-refractivity contribution is 6.30. The Hall–Kier alpha value is -0.750. The molecule has 0 unspecified atom stereocenters. The van der Waals surface area contributed by atoms with Crippen LogP contribution in [0.5, 0.6) is 0 Å². The molecule has 1 aliphatic rings. The SMILES string of the molecule is Clc1ccc(C2=CCCCC2)cc1. The predicted octanol–water partition coefficient (Wildman–Crippen LogP) is 4.30. The molecule has 0 atom stereocenters. The Labute approximate surface area is 84.2 Å². The van der Waals surface area contributed by atoms with Crippen LogP contribution in [0, 0.1) is 0 Å². The molecule has 1 aromatic rings. The standard InChI is InChI=1S/C12H13Cl/c13-12-8-6-11(7-9-12)10-4-2-1-3-5-10/h4,6-9H,1-3,5H2. The van der Waals surface area contributed by atoms with Crippen LogP contribution in [-0.2, 0) is 0 Å². The zero-order valence-corrected chi connectivity index (χ0v) is 8.35. The molecule has 0 saturated heterocycles. The molecule has 68 valence electrons. The van der Waals surface area contributed by atoms with Crippen molar-refractivity contribution in [1.29, 1.82) is 0 Å². The first kappa shape index (κ1) is 8.83. The van der Waals surface area contributed by atoms with Gasteiger partial charge in [0.25, 0.3) is 0 Å². The molecule has 1 aliphatic carbocycles. The molecule has 0 aliphatic heterocycles. The summed E-state index contributed by atoms with van der Waals surface area (Å²) in [7, 11) is 0. The van der Waals surface area contributed by atoms with Crippen LogP contribution in [-0.4, -0.2) is 0 Å². The molecule has 0 N–H and O–H groups in total. The third-order valence-corrected chi connectivity index (χ3v) is 2.76. The molecule has 1 aromatic carbocycles. The largest absolute Gasteiger partial charge is 0.0843 e. The maximum atomic E-state index is 5.83. The highest BCUT2D eigenvalue weighted by Crippen LogP contribution is 2.27. The Morgan fingerprint density at radius 1 is 1.00 bits per heavy atom. The summed E-state index contributed by atoms with van der Waals surface area (Å²) in [6, 6.07) is 8.15. The number of benzene rings is 1. The van der Waals surface area contributed by atoms with E-state index in [2.05, 4.69) is 18.2 Å². The third kappa shape index (κ3) is 2.13. The molecule has 0 aromatic heterocycles. The van der Waals surface area contributed by atoms with Crippen LogP contribution < -0.4 is 0 Å². The van der Waals surface area contributed by atoms with E-state index in [4.69, 9.17) is 11.6 Å². The molecule has 0 bridgehead atoms. The second kappa shape index (κ2) is 3.97. The first-order valence-electron chi connectivity index (χ1n) is 4.81. The second-order valence-electron chi connectivity index (χ2n) is 3.48. The van der Waals surface area contributed by atoms with Gasteiger partial charge in [0, 0.05) is 5.02 Å². The third-order valence-electron chi connectivity index (χ3n) is 2.51. The van der Waals surface area contributed by atoms with Crippen LogP contribution in [0.3, 0.4) is 0 Å². The zero-order chi connectivity index (χ0) is 9.10. The van der Waals surface area contributed by atoms with Crippen LogP contribution in [0.2, 0.25) is 5.02 Å². The lowest BCUT2D eigenvalue weighted by molar-refractivity contribution is 0.742. The lowest BCUT2D eigenvalue weighted by Gasteiger charge is -2.12. The minimum Gasteiger partial charge on any atom is -0.0843 e. The van der Waals surface area contributed by atoms with E-state index in [9.17, 15) is 0 Å². The number of hydrogen-bond donors (Lipinski definition) is 0. The lowest BCUT2D eigenvalue weighted by atomic mass is 9.94. The van der Waals surface area contributed by atoms with Crippen LogP contribution in [0.15, 0.2) is 30.3 Å². The minimum atomic E-state index is 0.820. The zero-order valence-electron chi connectivity index (χ0n) is 7.59. The monoisotopic (exact) mass is 192 g/mol. The quantitative estimate of drug-likeness (QED) is 0.623. The Bertz CT molecular complexity index is 308. The van der Waals surface area contributed by atoms with Gasteiger partial charge in [0.05, 0.1) is 0 Å². The van der Waals surface area contributed by atoms with Crippen molar-refractivity contribution in [3.8, 4) is 0 Å². The van der Waals surface area contributed by atoms with E-state index in [-0.39, 0.29) is 0 Å². The Balaban J connectivity index is 2.24. The summed E-state index contributed by atoms with van der Waals surface area (Å²) in [5.41, 5.74) is 2.83. The molecular formula is C12H13Cl. The highest BCUT2D eigenvalue weighted by Gasteiger charge is 2.05. The van der Waals surface area contributed by atoms with Gasteiger partial charge in [-0.2, -0.15) is 0 Å². The fourth-order valence-corrected chi connectivity index (χ4v) is 1.89. The maximum Gasteiger partial charge on any atom is 0.0406 e. The van der Waals surface area contributed by atoms with Crippen LogP contribution in [0.4, 0.5) is 0 Å². The minimum absolute atomic E-state index is 0.820. The van der Waals surface area contributed by atoms with E-state index in [0.29, 0.717) is 0 Å². The molecular weight excluding hydrogens is 180 g/mol. The molecule has 0 heterocycles. The Morgan fingerprint density at radius 2 is 1.77 bits per heavy atom. The predicted molar refractivity (Wildman–Crippen MR) is 57.9 cm³/mol. The highest BCUT2D eigenvalue weighted by atomic mass is 35.5. The van der Waals surface area contributed by atoms with Gasteiger partial charge in [-0.15, -0.1) is 0 Å². The number of allylic oxidation sites excluding steroid dienone is 2. The van der Waals surface area contributed by atoms with Crippen molar-refractivity contribution in [2.24, 2.45) is 0 Å². The van der Waals surface area contributed by atoms with Gasteiger partial charge >= 0.3 is 0 Å². The van der Waals surface area contributed by atoms with Crippen molar-refractivity contribution in [3.05, 3.63) is 40.9 Å². The summed E-state index contributed by atoms with van der Waals surface area (Å²) in [6.45, 7) is 0. The summed E-state index contributed by atoms with van der Waals surface area (Å²) in [5, 5.41) is 0.820. The van der Waals surface area contributed by atoms with Gasteiger partial charge in [-0.25, -0.2) is 0 Å². The molecule has 0 spiro atoms. The summed E-state index contributed by atoms with van der Waals surface area (Å²) < 4.78 is 0. The summed E-state index contributed by atoms with van der Waals surface area (Å²) in [6.07, 6.45) is 7.48. The first-order chi connectivity index (χ1) is 6.36. The molecule has 2 rings (SSSR count). The summed E-state index contributed by atoms with van der Waals surface area (Å²) >= 11 is 5.83. The Morgan fingerprint density at radius 3 is 2.38 bits per heavy atom. The molecule has 13 heavy (non-hydrogen) atoms. The van der Waals surface area contributed by atoms with Crippen molar-refractivity contribution in [1.82, 2.24) is 0 Å². The maximum absolute atomic E-state index is 5.83. The van der Waals surface area contributed by atoms with Gasteiger partial charge in [-0.1, -0.05) is 29.8 Å². The van der Waals surface area contributed by atoms with E-state index in [1.807, 2.05) is 12.1 Å². The van der Waals surface area contributed by atoms with Gasteiger partial charge in [-0.3, -0.25) is 0 Å². The van der Waals surface area contributed by atoms with E-state index >= 15 is 0 Å². The van der Waals surface area contributed by atoms with Crippen LogP contribution >= 0.6 is 11.6 Å². The van der Waals surface area contributed by atoms with Crippen molar-refractivity contribution in [2.45, 2.75) is 25.7 Å². The first-order valence-corrected chi connectivity index (χ1v) is 5.19. The average Bonchev–Trinajstić information content (AvgIpc) is 2.20. The number of hydrogen-bond acceptors (Lipinski definition) is 0. The van der Waals surface area contributed by atoms with Crippen LogP contribution in [0.25, 0.3) is 5.57 Å².